The van der Waals surface area contributed by atoms with Crippen LogP contribution < -0.4 is 5.32 Å². The first-order valence-electron chi connectivity index (χ1n) is 5.67. The third kappa shape index (κ3) is 2.43. The predicted molar refractivity (Wildman–Crippen MR) is 73.6 cm³/mol. The number of benzene rings is 1. The normalized spacial score (nSPS) is 10.4. The van der Waals surface area contributed by atoms with Crippen molar-refractivity contribution in [1.29, 1.82) is 0 Å². The van der Waals surface area contributed by atoms with Crippen LogP contribution in [0.15, 0.2) is 58.8 Å². The molecule has 4 heteroatoms. The van der Waals surface area contributed by atoms with Crippen LogP contribution in [-0.4, -0.2) is 4.98 Å². The summed E-state index contributed by atoms with van der Waals surface area (Å²) in [5, 5.41) is 5.48. The summed E-state index contributed by atoms with van der Waals surface area (Å²) in [7, 11) is 0. The summed E-state index contributed by atoms with van der Waals surface area (Å²) < 4.78 is 5.29. The summed E-state index contributed by atoms with van der Waals surface area (Å²) in [5.41, 5.74) is 2.11. The molecule has 3 aromatic rings. The molecule has 0 saturated carbocycles. The molecule has 0 aliphatic carbocycles. The van der Waals surface area contributed by atoms with E-state index in [9.17, 15) is 0 Å². The number of nitrogens with zero attached hydrogens (tertiary/aromatic N) is 1. The number of oxazole rings is 1. The molecule has 0 aliphatic rings. The van der Waals surface area contributed by atoms with Crippen LogP contribution in [0.1, 0.15) is 4.88 Å². The van der Waals surface area contributed by atoms with E-state index in [1.807, 2.05) is 18.2 Å². The highest BCUT2D eigenvalue weighted by molar-refractivity contribution is 7.09. The van der Waals surface area contributed by atoms with Crippen molar-refractivity contribution in [1.82, 2.24) is 4.98 Å². The van der Waals surface area contributed by atoms with E-state index in [0.717, 1.165) is 23.6 Å². The molecule has 0 atom stereocenters. The van der Waals surface area contributed by atoms with E-state index in [1.54, 1.807) is 17.5 Å². The largest absolute Gasteiger partial charge is 0.444 e. The number of hydrogen-bond acceptors (Lipinski definition) is 4. The van der Waals surface area contributed by atoms with Crippen molar-refractivity contribution in [3.63, 3.8) is 0 Å². The van der Waals surface area contributed by atoms with E-state index in [1.165, 1.54) is 11.3 Å². The number of aromatic nitrogens is 1. The third-order valence-electron chi connectivity index (χ3n) is 2.63. The first-order valence-corrected chi connectivity index (χ1v) is 6.55. The highest BCUT2D eigenvalue weighted by atomic mass is 32.1. The van der Waals surface area contributed by atoms with E-state index >= 15 is 0 Å². The van der Waals surface area contributed by atoms with Crippen molar-refractivity contribution in [3.8, 4) is 11.3 Å². The molecule has 18 heavy (non-hydrogen) atoms. The summed E-state index contributed by atoms with van der Waals surface area (Å²) in [6.07, 6.45) is 3.17. The Kier molecular flexibility index (Phi) is 3.10. The van der Waals surface area contributed by atoms with Crippen molar-refractivity contribution in [2.24, 2.45) is 0 Å². The Balaban J connectivity index is 1.75. The van der Waals surface area contributed by atoms with Gasteiger partial charge in [0.15, 0.2) is 12.2 Å². The van der Waals surface area contributed by atoms with Crippen LogP contribution in [-0.2, 0) is 6.54 Å². The van der Waals surface area contributed by atoms with Crippen molar-refractivity contribution in [2.45, 2.75) is 6.54 Å². The Morgan fingerprint density at radius 1 is 1.22 bits per heavy atom. The Bertz CT molecular complexity index is 603. The highest BCUT2D eigenvalue weighted by Crippen LogP contribution is 2.22. The molecule has 0 radical (unpaired) electrons. The zero-order valence-electron chi connectivity index (χ0n) is 9.67. The van der Waals surface area contributed by atoms with Gasteiger partial charge in [-0.15, -0.1) is 11.3 Å². The van der Waals surface area contributed by atoms with E-state index in [4.69, 9.17) is 4.42 Å². The third-order valence-corrected chi connectivity index (χ3v) is 3.50. The molecule has 2 heterocycles. The molecule has 1 N–H and O–H groups in total. The first kappa shape index (κ1) is 11.0. The van der Waals surface area contributed by atoms with Gasteiger partial charge >= 0.3 is 0 Å². The maximum atomic E-state index is 5.29. The second kappa shape index (κ2) is 5.06. The van der Waals surface area contributed by atoms with Gasteiger partial charge in [-0.2, -0.15) is 0 Å². The number of nitrogens with one attached hydrogen (secondary N) is 1. The van der Waals surface area contributed by atoms with E-state index in [0.29, 0.717) is 0 Å². The van der Waals surface area contributed by atoms with Gasteiger partial charge in [-0.1, -0.05) is 18.2 Å². The van der Waals surface area contributed by atoms with Crippen LogP contribution in [0.25, 0.3) is 11.3 Å². The predicted octanol–water partition coefficient (Wildman–Crippen LogP) is 4.02. The summed E-state index contributed by atoms with van der Waals surface area (Å²) in [4.78, 5) is 5.25. The fraction of sp³-hybridized carbons (Fsp3) is 0.0714. The standard InChI is InChI=1S/C14H12N2OS/c1-3-11(14-9-15-10-17-14)7-12(4-1)16-8-13-5-2-6-18-13/h1-7,9-10,16H,8H2. The Morgan fingerprint density at radius 2 is 2.22 bits per heavy atom. The SMILES string of the molecule is c1cc(NCc2cccs2)cc(-c2cnco2)c1. The van der Waals surface area contributed by atoms with Gasteiger partial charge in [0.25, 0.3) is 0 Å². The summed E-state index contributed by atoms with van der Waals surface area (Å²) in [6.45, 7) is 0.845. The number of hydrogen-bond donors (Lipinski definition) is 1. The quantitative estimate of drug-likeness (QED) is 0.766. The molecule has 3 nitrogen and oxygen atoms in total. The molecule has 3 rings (SSSR count). The van der Waals surface area contributed by atoms with Gasteiger partial charge in [0.2, 0.25) is 0 Å². The van der Waals surface area contributed by atoms with E-state index < -0.39 is 0 Å². The van der Waals surface area contributed by atoms with E-state index in [2.05, 4.69) is 33.9 Å². The van der Waals surface area contributed by atoms with Gasteiger partial charge in [-0.05, 0) is 23.6 Å². The van der Waals surface area contributed by atoms with E-state index in [-0.39, 0.29) is 0 Å². The average Bonchev–Trinajstić information content (AvgIpc) is 3.10. The lowest BCUT2D eigenvalue weighted by atomic mass is 10.1. The molecular weight excluding hydrogens is 244 g/mol. The average molecular weight is 256 g/mol. The zero-order valence-corrected chi connectivity index (χ0v) is 10.5. The molecular formula is C14H12N2OS. The lowest BCUT2D eigenvalue weighted by Gasteiger charge is -2.06. The smallest absolute Gasteiger partial charge is 0.181 e. The van der Waals surface area contributed by atoms with Crippen molar-refractivity contribution in [3.05, 3.63) is 59.2 Å². The minimum atomic E-state index is 0.787. The maximum Gasteiger partial charge on any atom is 0.181 e. The summed E-state index contributed by atoms with van der Waals surface area (Å²) in [5.74, 6) is 0.787. The minimum absolute atomic E-state index is 0.787. The van der Waals surface area contributed by atoms with Gasteiger partial charge in [0, 0.05) is 22.7 Å². The Morgan fingerprint density at radius 3 is 3.00 bits per heavy atom. The van der Waals surface area contributed by atoms with Gasteiger partial charge in [-0.3, -0.25) is 0 Å². The number of rotatable bonds is 4. The molecule has 0 bridgehead atoms. The molecule has 0 aliphatic heterocycles. The molecule has 0 fully saturated rings. The lowest BCUT2D eigenvalue weighted by molar-refractivity contribution is 0.572. The lowest BCUT2D eigenvalue weighted by Crippen LogP contribution is -1.96. The van der Waals surface area contributed by atoms with Crippen LogP contribution in [0.2, 0.25) is 0 Å². The van der Waals surface area contributed by atoms with Crippen LogP contribution in [0.3, 0.4) is 0 Å². The fourth-order valence-corrected chi connectivity index (χ4v) is 2.39. The van der Waals surface area contributed by atoms with Gasteiger partial charge < -0.3 is 9.73 Å². The Hall–Kier alpha value is -2.07. The fourth-order valence-electron chi connectivity index (χ4n) is 1.74. The van der Waals surface area contributed by atoms with Gasteiger partial charge in [-0.25, -0.2) is 4.98 Å². The number of thiophene rings is 1. The topological polar surface area (TPSA) is 38.1 Å². The van der Waals surface area contributed by atoms with Crippen molar-refractivity contribution >= 4 is 17.0 Å². The van der Waals surface area contributed by atoms with Crippen molar-refractivity contribution in [2.75, 3.05) is 5.32 Å². The van der Waals surface area contributed by atoms with Crippen LogP contribution >= 0.6 is 11.3 Å². The zero-order chi connectivity index (χ0) is 12.2. The molecule has 0 saturated heterocycles. The molecule has 0 amide bonds. The Labute approximate surface area is 109 Å². The highest BCUT2D eigenvalue weighted by Gasteiger charge is 2.02. The molecule has 90 valence electrons. The molecule has 2 aromatic heterocycles. The monoisotopic (exact) mass is 256 g/mol. The van der Waals surface area contributed by atoms with Crippen LogP contribution in [0.5, 0.6) is 0 Å². The first-order chi connectivity index (χ1) is 8.92. The maximum absolute atomic E-state index is 5.29. The minimum Gasteiger partial charge on any atom is -0.444 e. The van der Waals surface area contributed by atoms with Crippen LogP contribution in [0.4, 0.5) is 5.69 Å². The summed E-state index contributed by atoms with van der Waals surface area (Å²) >= 11 is 1.75. The molecule has 1 aromatic carbocycles. The summed E-state index contributed by atoms with van der Waals surface area (Å²) in [6, 6.07) is 12.3. The molecule has 0 spiro atoms. The molecule has 0 unspecified atom stereocenters. The second-order valence-corrected chi connectivity index (χ2v) is 4.91. The second-order valence-electron chi connectivity index (χ2n) is 3.88. The van der Waals surface area contributed by atoms with Crippen LogP contribution in [0, 0.1) is 0 Å². The van der Waals surface area contributed by atoms with Gasteiger partial charge in [0.05, 0.1) is 6.20 Å². The van der Waals surface area contributed by atoms with Crippen molar-refractivity contribution < 1.29 is 4.42 Å². The number of anilines is 1. The van der Waals surface area contributed by atoms with Gasteiger partial charge in [0.1, 0.15) is 0 Å².